The topological polar surface area (TPSA) is 88.6 Å². The fraction of sp³-hybridized carbons (Fsp3) is 0.320. The molecule has 4 rings (SSSR count). The molecule has 8 nitrogen and oxygen atoms in total. The molecule has 0 unspecified atom stereocenters. The van der Waals surface area contributed by atoms with Crippen molar-refractivity contribution >= 4 is 17.4 Å². The number of anilines is 2. The van der Waals surface area contributed by atoms with Crippen molar-refractivity contribution in [1.82, 2.24) is 20.2 Å². The Labute approximate surface area is 194 Å². The third-order valence-corrected chi connectivity index (χ3v) is 5.37. The quantitative estimate of drug-likeness (QED) is 0.544. The maximum absolute atomic E-state index is 12.4. The van der Waals surface area contributed by atoms with E-state index in [9.17, 15) is 4.79 Å². The largest absolute Gasteiger partial charge is 0.455 e. The van der Waals surface area contributed by atoms with Gasteiger partial charge in [-0.05, 0) is 56.3 Å². The monoisotopic (exact) mass is 447 g/mol. The lowest BCUT2D eigenvalue weighted by Gasteiger charge is -2.26. The fourth-order valence-corrected chi connectivity index (χ4v) is 3.56. The standard InChI is InChI=1S/C25H29N5O3/c1-18-3-8-23(19(2)28-18)33-22-9-10-26-24(17-22)29-21-6-4-20(5-7-21)25(31)27-11-12-30-13-15-32-16-14-30/h3-10,17H,11-16H2,1-2H3,(H,26,29)(H,27,31). The summed E-state index contributed by atoms with van der Waals surface area (Å²) in [5.41, 5.74) is 3.24. The van der Waals surface area contributed by atoms with Gasteiger partial charge in [0, 0.05) is 55.4 Å². The second-order valence-corrected chi connectivity index (χ2v) is 7.93. The van der Waals surface area contributed by atoms with Crippen LogP contribution in [0.15, 0.2) is 54.7 Å². The Morgan fingerprint density at radius 3 is 2.64 bits per heavy atom. The van der Waals surface area contributed by atoms with E-state index in [1.54, 1.807) is 24.4 Å². The van der Waals surface area contributed by atoms with Gasteiger partial charge in [-0.3, -0.25) is 14.7 Å². The van der Waals surface area contributed by atoms with Crippen LogP contribution in [0, 0.1) is 13.8 Å². The van der Waals surface area contributed by atoms with Gasteiger partial charge in [-0.1, -0.05) is 0 Å². The van der Waals surface area contributed by atoms with E-state index < -0.39 is 0 Å². The highest BCUT2D eigenvalue weighted by molar-refractivity contribution is 5.94. The first-order chi connectivity index (χ1) is 16.1. The van der Waals surface area contributed by atoms with Gasteiger partial charge in [-0.25, -0.2) is 4.98 Å². The molecule has 0 spiro atoms. The van der Waals surface area contributed by atoms with E-state index in [0.717, 1.165) is 49.9 Å². The number of aryl methyl sites for hydroxylation is 2. The van der Waals surface area contributed by atoms with Crippen molar-refractivity contribution in [3.05, 3.63) is 71.7 Å². The molecule has 1 amide bonds. The SMILES string of the molecule is Cc1ccc(Oc2ccnc(Nc3ccc(C(=O)NCCN4CCOCC4)cc3)c2)c(C)n1. The predicted octanol–water partition coefficient (Wildman–Crippen LogP) is 3.69. The van der Waals surface area contributed by atoms with Crippen LogP contribution in [-0.2, 0) is 4.74 Å². The number of morpholine rings is 1. The molecule has 3 aromatic rings. The first-order valence-electron chi connectivity index (χ1n) is 11.1. The summed E-state index contributed by atoms with van der Waals surface area (Å²) in [4.78, 5) is 23.5. The number of carbonyl (C=O) groups excluding carboxylic acids is 1. The normalized spacial score (nSPS) is 14.0. The maximum Gasteiger partial charge on any atom is 0.251 e. The lowest BCUT2D eigenvalue weighted by atomic mass is 10.2. The van der Waals surface area contributed by atoms with Crippen molar-refractivity contribution < 1.29 is 14.3 Å². The molecule has 1 aliphatic heterocycles. The number of hydrogen-bond acceptors (Lipinski definition) is 7. The van der Waals surface area contributed by atoms with Gasteiger partial charge in [0.25, 0.3) is 5.91 Å². The van der Waals surface area contributed by atoms with E-state index in [2.05, 4.69) is 25.5 Å². The van der Waals surface area contributed by atoms with E-state index in [0.29, 0.717) is 29.4 Å². The zero-order valence-electron chi connectivity index (χ0n) is 19.0. The van der Waals surface area contributed by atoms with Crippen LogP contribution in [0.5, 0.6) is 11.5 Å². The second-order valence-electron chi connectivity index (χ2n) is 7.93. The lowest BCUT2D eigenvalue weighted by molar-refractivity contribution is 0.0383. The fourth-order valence-electron chi connectivity index (χ4n) is 3.56. The van der Waals surface area contributed by atoms with E-state index >= 15 is 0 Å². The van der Waals surface area contributed by atoms with Gasteiger partial charge in [0.1, 0.15) is 17.3 Å². The number of rotatable bonds is 8. The average Bonchev–Trinajstić information content (AvgIpc) is 2.82. The summed E-state index contributed by atoms with van der Waals surface area (Å²) in [5.74, 6) is 1.94. The summed E-state index contributed by atoms with van der Waals surface area (Å²) in [6.45, 7) is 8.66. The molecule has 172 valence electrons. The van der Waals surface area contributed by atoms with Crippen LogP contribution >= 0.6 is 0 Å². The van der Waals surface area contributed by atoms with Crippen molar-refractivity contribution in [3.63, 3.8) is 0 Å². The van der Waals surface area contributed by atoms with Crippen LogP contribution in [-0.4, -0.2) is 60.2 Å². The van der Waals surface area contributed by atoms with Crippen LogP contribution in [0.1, 0.15) is 21.7 Å². The zero-order chi connectivity index (χ0) is 23.0. The van der Waals surface area contributed by atoms with Crippen molar-refractivity contribution in [2.75, 3.05) is 44.7 Å². The van der Waals surface area contributed by atoms with E-state index in [1.165, 1.54) is 0 Å². The molecule has 1 aliphatic rings. The minimum atomic E-state index is -0.0783. The van der Waals surface area contributed by atoms with Gasteiger partial charge in [0.05, 0.1) is 18.9 Å². The average molecular weight is 448 g/mol. The Morgan fingerprint density at radius 1 is 1.09 bits per heavy atom. The molecule has 0 aliphatic carbocycles. The highest BCUT2D eigenvalue weighted by Gasteiger charge is 2.11. The molecule has 1 aromatic carbocycles. The highest BCUT2D eigenvalue weighted by atomic mass is 16.5. The Kier molecular flexibility index (Phi) is 7.49. The molecule has 1 saturated heterocycles. The summed E-state index contributed by atoms with van der Waals surface area (Å²) in [6, 6.07) is 14.8. The number of benzene rings is 1. The third-order valence-electron chi connectivity index (χ3n) is 5.37. The molecular weight excluding hydrogens is 418 g/mol. The lowest BCUT2D eigenvalue weighted by Crippen LogP contribution is -2.41. The second kappa shape index (κ2) is 10.9. The molecule has 2 aromatic heterocycles. The Balaban J connectivity index is 1.31. The first-order valence-corrected chi connectivity index (χ1v) is 11.1. The molecule has 0 radical (unpaired) electrons. The molecule has 0 atom stereocenters. The van der Waals surface area contributed by atoms with E-state index in [4.69, 9.17) is 9.47 Å². The summed E-state index contributed by atoms with van der Waals surface area (Å²) < 4.78 is 11.3. The highest BCUT2D eigenvalue weighted by Crippen LogP contribution is 2.26. The van der Waals surface area contributed by atoms with Gasteiger partial charge in [-0.2, -0.15) is 0 Å². The van der Waals surface area contributed by atoms with Gasteiger partial charge in [-0.15, -0.1) is 0 Å². The Morgan fingerprint density at radius 2 is 1.88 bits per heavy atom. The van der Waals surface area contributed by atoms with Crippen LogP contribution in [0.2, 0.25) is 0 Å². The number of hydrogen-bond donors (Lipinski definition) is 2. The number of nitrogens with one attached hydrogen (secondary N) is 2. The van der Waals surface area contributed by atoms with Crippen LogP contribution in [0.4, 0.5) is 11.5 Å². The third kappa shape index (κ3) is 6.50. The van der Waals surface area contributed by atoms with Gasteiger partial charge in [0.2, 0.25) is 0 Å². The van der Waals surface area contributed by atoms with Crippen LogP contribution < -0.4 is 15.4 Å². The minimum absolute atomic E-state index is 0.0783. The number of aromatic nitrogens is 2. The smallest absolute Gasteiger partial charge is 0.251 e. The summed E-state index contributed by atoms with van der Waals surface area (Å²) in [5, 5.41) is 6.23. The summed E-state index contributed by atoms with van der Waals surface area (Å²) in [6.07, 6.45) is 1.69. The molecule has 3 heterocycles. The Bertz CT molecular complexity index is 1080. The van der Waals surface area contributed by atoms with E-state index in [-0.39, 0.29) is 5.91 Å². The number of pyridine rings is 2. The molecule has 2 N–H and O–H groups in total. The number of carbonyl (C=O) groups is 1. The van der Waals surface area contributed by atoms with Crippen LogP contribution in [0.25, 0.3) is 0 Å². The van der Waals surface area contributed by atoms with Gasteiger partial charge < -0.3 is 20.1 Å². The van der Waals surface area contributed by atoms with Crippen molar-refractivity contribution in [2.45, 2.75) is 13.8 Å². The number of ether oxygens (including phenoxy) is 2. The molecule has 1 fully saturated rings. The number of amides is 1. The van der Waals surface area contributed by atoms with Crippen molar-refractivity contribution in [1.29, 1.82) is 0 Å². The molecular formula is C25H29N5O3. The Hall–Kier alpha value is -3.49. The predicted molar refractivity (Wildman–Crippen MR) is 127 cm³/mol. The number of nitrogens with zero attached hydrogens (tertiary/aromatic N) is 3. The van der Waals surface area contributed by atoms with Crippen molar-refractivity contribution in [2.24, 2.45) is 0 Å². The molecule has 0 saturated carbocycles. The van der Waals surface area contributed by atoms with Crippen LogP contribution in [0.3, 0.4) is 0 Å². The van der Waals surface area contributed by atoms with Crippen molar-refractivity contribution in [3.8, 4) is 11.5 Å². The molecule has 33 heavy (non-hydrogen) atoms. The molecule has 0 bridgehead atoms. The molecule has 8 heteroatoms. The summed E-state index contributed by atoms with van der Waals surface area (Å²) >= 11 is 0. The first kappa shape index (κ1) is 22.7. The maximum atomic E-state index is 12.4. The summed E-state index contributed by atoms with van der Waals surface area (Å²) in [7, 11) is 0. The minimum Gasteiger partial charge on any atom is -0.455 e. The van der Waals surface area contributed by atoms with Gasteiger partial charge in [0.15, 0.2) is 0 Å². The zero-order valence-corrected chi connectivity index (χ0v) is 19.0. The van der Waals surface area contributed by atoms with E-state index in [1.807, 2.05) is 44.2 Å². The van der Waals surface area contributed by atoms with Gasteiger partial charge >= 0.3 is 0 Å².